The zero-order valence-corrected chi connectivity index (χ0v) is 7.63. The molecule has 1 fully saturated rings. The van der Waals surface area contributed by atoms with Gasteiger partial charge in [0.2, 0.25) is 0 Å². The topological polar surface area (TPSA) is 65.6 Å². The molecule has 0 saturated carbocycles. The van der Waals surface area contributed by atoms with E-state index < -0.39 is 0 Å². The molecule has 0 radical (unpaired) electrons. The number of cyclic esters (lactones) is 1. The van der Waals surface area contributed by atoms with E-state index in [0.717, 1.165) is 0 Å². The largest absolute Gasteiger partial charge is 0.443 e. The highest BCUT2D eigenvalue weighted by molar-refractivity contribution is 8.00. The van der Waals surface area contributed by atoms with Crippen LogP contribution in [0.1, 0.15) is 0 Å². The first-order chi connectivity index (χ1) is 6.34. The Morgan fingerprint density at radius 1 is 1.85 bits per heavy atom. The van der Waals surface area contributed by atoms with Crippen LogP contribution >= 0.6 is 11.9 Å². The molecular formula is C6H10N4O2S. The molecule has 2 heterocycles. The van der Waals surface area contributed by atoms with E-state index in [0.29, 0.717) is 13.1 Å². The maximum absolute atomic E-state index is 10.6. The monoisotopic (exact) mass is 202 g/mol. The van der Waals surface area contributed by atoms with E-state index in [4.69, 9.17) is 4.74 Å². The molecular weight excluding hydrogens is 192 g/mol. The average Bonchev–Trinajstić information content (AvgIpc) is 2.71. The molecule has 0 aromatic carbocycles. The van der Waals surface area contributed by atoms with Crippen LogP contribution in [0.5, 0.6) is 0 Å². The Morgan fingerprint density at radius 2 is 2.77 bits per heavy atom. The van der Waals surface area contributed by atoms with Crippen LogP contribution < -0.4 is 15.6 Å². The molecule has 13 heavy (non-hydrogen) atoms. The van der Waals surface area contributed by atoms with E-state index in [1.807, 2.05) is 11.6 Å². The van der Waals surface area contributed by atoms with E-state index in [1.165, 1.54) is 11.9 Å². The second-order valence-corrected chi connectivity index (χ2v) is 3.33. The molecule has 3 N–H and O–H groups in total. The second-order valence-electron chi connectivity index (χ2n) is 2.63. The SMILES string of the molecule is O=C1NCC(CNN2C=CSN2)O1. The van der Waals surface area contributed by atoms with E-state index >= 15 is 0 Å². The van der Waals surface area contributed by atoms with Gasteiger partial charge < -0.3 is 10.1 Å². The van der Waals surface area contributed by atoms with Crippen molar-refractivity contribution in [2.24, 2.45) is 0 Å². The lowest BCUT2D eigenvalue weighted by Gasteiger charge is -2.17. The van der Waals surface area contributed by atoms with Crippen LogP contribution in [0.25, 0.3) is 0 Å². The number of hydrazine groups is 2. The lowest BCUT2D eigenvalue weighted by atomic mass is 10.4. The van der Waals surface area contributed by atoms with E-state index in [2.05, 4.69) is 15.6 Å². The van der Waals surface area contributed by atoms with Gasteiger partial charge in [-0.25, -0.2) is 15.3 Å². The first kappa shape index (κ1) is 8.67. The second kappa shape index (κ2) is 3.86. The number of rotatable bonds is 3. The van der Waals surface area contributed by atoms with Crippen molar-refractivity contribution < 1.29 is 9.53 Å². The van der Waals surface area contributed by atoms with Gasteiger partial charge in [0.25, 0.3) is 0 Å². The quantitative estimate of drug-likeness (QED) is 0.538. The first-order valence-corrected chi connectivity index (χ1v) is 4.78. The molecule has 0 aromatic rings. The summed E-state index contributed by atoms with van der Waals surface area (Å²) in [6, 6.07) is 0. The molecule has 1 unspecified atom stereocenters. The van der Waals surface area contributed by atoms with E-state index in [9.17, 15) is 4.79 Å². The third-order valence-corrected chi connectivity index (χ3v) is 2.23. The Labute approximate surface area is 79.7 Å². The third kappa shape index (κ3) is 2.27. The van der Waals surface area contributed by atoms with Gasteiger partial charge in [-0.05, 0) is 11.9 Å². The summed E-state index contributed by atoms with van der Waals surface area (Å²) < 4.78 is 4.92. The van der Waals surface area contributed by atoms with Gasteiger partial charge in [-0.1, -0.05) is 0 Å². The predicted octanol–water partition coefficient (Wildman–Crippen LogP) is -0.461. The summed E-state index contributed by atoms with van der Waals surface area (Å²) in [5.74, 6) is 0. The highest BCUT2D eigenvalue weighted by Gasteiger charge is 2.22. The number of nitrogens with zero attached hydrogens (tertiary/aromatic N) is 1. The molecule has 6 nitrogen and oxygen atoms in total. The molecule has 2 aliphatic rings. The highest BCUT2D eigenvalue weighted by Crippen LogP contribution is 2.05. The average molecular weight is 202 g/mol. The van der Waals surface area contributed by atoms with Crippen LogP contribution in [0.15, 0.2) is 11.6 Å². The Kier molecular flexibility index (Phi) is 2.57. The minimum Gasteiger partial charge on any atom is -0.443 e. The van der Waals surface area contributed by atoms with Gasteiger partial charge in [-0.2, -0.15) is 4.83 Å². The summed E-state index contributed by atoms with van der Waals surface area (Å²) in [6.45, 7) is 1.16. The van der Waals surface area contributed by atoms with Crippen LogP contribution in [-0.2, 0) is 4.74 Å². The molecule has 0 bridgehead atoms. The van der Waals surface area contributed by atoms with Crippen molar-refractivity contribution in [3.05, 3.63) is 11.6 Å². The number of alkyl carbamates (subject to hydrolysis) is 1. The Bertz CT molecular complexity index is 235. The number of amides is 1. The summed E-state index contributed by atoms with van der Waals surface area (Å²) >= 11 is 1.47. The number of hydrogen-bond acceptors (Lipinski definition) is 6. The first-order valence-electron chi connectivity index (χ1n) is 3.90. The minimum atomic E-state index is -0.342. The molecule has 2 rings (SSSR count). The van der Waals surface area contributed by atoms with Gasteiger partial charge in [0.15, 0.2) is 0 Å². The fraction of sp³-hybridized carbons (Fsp3) is 0.500. The van der Waals surface area contributed by atoms with E-state index in [1.54, 1.807) is 5.12 Å². The summed E-state index contributed by atoms with van der Waals surface area (Å²) in [6.07, 6.45) is 1.42. The maximum Gasteiger partial charge on any atom is 0.407 e. The molecule has 0 aromatic heterocycles. The van der Waals surface area contributed by atoms with Gasteiger partial charge in [0.1, 0.15) is 6.10 Å². The van der Waals surface area contributed by atoms with Crippen LogP contribution in [0, 0.1) is 0 Å². The maximum atomic E-state index is 10.6. The number of nitrogens with one attached hydrogen (secondary N) is 3. The molecule has 1 saturated heterocycles. The number of hydrogen-bond donors (Lipinski definition) is 3. The molecule has 72 valence electrons. The minimum absolute atomic E-state index is 0.0895. The fourth-order valence-electron chi connectivity index (χ4n) is 1.04. The van der Waals surface area contributed by atoms with Crippen molar-refractivity contribution >= 4 is 18.0 Å². The zero-order valence-electron chi connectivity index (χ0n) is 6.82. The predicted molar refractivity (Wildman–Crippen MR) is 48.0 cm³/mol. The Morgan fingerprint density at radius 3 is 3.38 bits per heavy atom. The van der Waals surface area contributed by atoms with Crippen molar-refractivity contribution in [3.8, 4) is 0 Å². The van der Waals surface area contributed by atoms with Crippen LogP contribution in [0.4, 0.5) is 4.79 Å². The molecule has 2 aliphatic heterocycles. The summed E-state index contributed by atoms with van der Waals surface area (Å²) in [5.41, 5.74) is 3.04. The van der Waals surface area contributed by atoms with Gasteiger partial charge in [0, 0.05) is 11.6 Å². The molecule has 7 heteroatoms. The third-order valence-electron chi connectivity index (χ3n) is 1.67. The van der Waals surface area contributed by atoms with Gasteiger partial charge in [-0.3, -0.25) is 0 Å². The lowest BCUT2D eigenvalue weighted by molar-refractivity contribution is 0.121. The Hall–Kier alpha value is -0.920. The number of carbonyl (C=O) groups excluding carboxylic acids is 1. The van der Waals surface area contributed by atoms with Crippen molar-refractivity contribution in [2.45, 2.75) is 6.10 Å². The van der Waals surface area contributed by atoms with Crippen molar-refractivity contribution in [3.63, 3.8) is 0 Å². The number of carbonyl (C=O) groups is 1. The molecule has 1 amide bonds. The normalized spacial score (nSPS) is 26.3. The molecule has 0 spiro atoms. The number of ether oxygens (including phenoxy) is 1. The van der Waals surface area contributed by atoms with Crippen LogP contribution in [-0.4, -0.2) is 30.4 Å². The van der Waals surface area contributed by atoms with Gasteiger partial charge in [-0.15, -0.1) is 0 Å². The van der Waals surface area contributed by atoms with Crippen molar-refractivity contribution in [2.75, 3.05) is 13.1 Å². The standard InChI is InChI=1S/C6H10N4O2S/c11-6-7-3-5(12-6)4-8-10-1-2-13-9-10/h1-2,5,8-9H,3-4H2,(H,7,11). The van der Waals surface area contributed by atoms with Crippen molar-refractivity contribution in [1.29, 1.82) is 0 Å². The summed E-state index contributed by atoms with van der Waals surface area (Å²) in [5, 5.41) is 6.21. The van der Waals surface area contributed by atoms with Crippen LogP contribution in [0.2, 0.25) is 0 Å². The fourth-order valence-corrected chi connectivity index (χ4v) is 1.52. The highest BCUT2D eigenvalue weighted by atomic mass is 32.2. The Balaban J connectivity index is 1.67. The van der Waals surface area contributed by atoms with Gasteiger partial charge >= 0.3 is 6.09 Å². The van der Waals surface area contributed by atoms with E-state index in [-0.39, 0.29) is 12.2 Å². The summed E-state index contributed by atoms with van der Waals surface area (Å²) in [4.78, 5) is 13.6. The van der Waals surface area contributed by atoms with Crippen LogP contribution in [0.3, 0.4) is 0 Å². The molecule has 1 atom stereocenters. The lowest BCUT2D eigenvalue weighted by Crippen LogP contribution is -2.43. The summed E-state index contributed by atoms with van der Waals surface area (Å²) in [7, 11) is 0. The van der Waals surface area contributed by atoms with Gasteiger partial charge in [0.05, 0.1) is 13.1 Å². The molecule has 0 aliphatic carbocycles. The zero-order chi connectivity index (χ0) is 9.10. The smallest absolute Gasteiger partial charge is 0.407 e. The van der Waals surface area contributed by atoms with Crippen molar-refractivity contribution in [1.82, 2.24) is 20.7 Å².